The zero-order chi connectivity index (χ0) is 16.2. The molecule has 0 aliphatic heterocycles. The fourth-order valence-corrected chi connectivity index (χ4v) is 2.12. The van der Waals surface area contributed by atoms with Gasteiger partial charge in [-0.2, -0.15) is 0 Å². The number of rotatable bonds is 5. The Morgan fingerprint density at radius 1 is 1.09 bits per heavy atom. The summed E-state index contributed by atoms with van der Waals surface area (Å²) < 4.78 is 7.27. The molecule has 0 aliphatic rings. The van der Waals surface area contributed by atoms with Gasteiger partial charge in [-0.05, 0) is 42.0 Å². The molecule has 23 heavy (non-hydrogen) atoms. The van der Waals surface area contributed by atoms with E-state index in [1.807, 2.05) is 12.1 Å². The van der Waals surface area contributed by atoms with Crippen LogP contribution >= 0.6 is 11.6 Å². The molecule has 0 spiro atoms. The van der Waals surface area contributed by atoms with Gasteiger partial charge in [-0.15, -0.1) is 5.10 Å². The molecule has 116 valence electrons. The average Bonchev–Trinajstić information content (AvgIpc) is 3.03. The molecule has 0 fully saturated rings. The first-order chi connectivity index (χ1) is 11.1. The maximum atomic E-state index is 10.6. The molecular weight excluding hydrogens is 318 g/mol. The lowest BCUT2D eigenvalue weighted by atomic mass is 10.2. The molecule has 0 bridgehead atoms. The van der Waals surface area contributed by atoms with Crippen molar-refractivity contribution in [3.8, 4) is 11.6 Å². The molecule has 3 rings (SSSR count). The fourth-order valence-electron chi connectivity index (χ4n) is 1.99. The van der Waals surface area contributed by atoms with Gasteiger partial charge in [0.05, 0.1) is 10.6 Å². The second kappa shape index (κ2) is 6.50. The second-order valence-corrected chi connectivity index (χ2v) is 5.22. The topological polar surface area (TPSA) is 70.2 Å². The number of hydrogen-bond donors (Lipinski definition) is 0. The summed E-state index contributed by atoms with van der Waals surface area (Å²) in [5, 5.41) is 15.6. The van der Waals surface area contributed by atoms with Gasteiger partial charge in [0, 0.05) is 29.4 Å². The van der Waals surface area contributed by atoms with Crippen LogP contribution in [0.3, 0.4) is 0 Å². The van der Waals surface area contributed by atoms with Crippen molar-refractivity contribution in [2.24, 2.45) is 0 Å². The van der Waals surface area contributed by atoms with Gasteiger partial charge < -0.3 is 4.74 Å². The zero-order valence-corrected chi connectivity index (χ0v) is 12.7. The van der Waals surface area contributed by atoms with Crippen molar-refractivity contribution < 1.29 is 9.66 Å². The third-order valence-electron chi connectivity index (χ3n) is 3.19. The number of nitro benzene ring substituents is 1. The SMILES string of the molecule is O=[N+]([O-])c1ccc(COc2ccn(-c3ccc(Cl)cc3)n2)cc1. The van der Waals surface area contributed by atoms with Gasteiger partial charge in [0.25, 0.3) is 5.69 Å². The lowest BCUT2D eigenvalue weighted by molar-refractivity contribution is -0.384. The van der Waals surface area contributed by atoms with E-state index in [0.29, 0.717) is 10.9 Å². The highest BCUT2D eigenvalue weighted by Crippen LogP contribution is 2.17. The van der Waals surface area contributed by atoms with E-state index >= 15 is 0 Å². The number of benzene rings is 2. The third kappa shape index (κ3) is 3.67. The quantitative estimate of drug-likeness (QED) is 0.523. The number of aromatic nitrogens is 2. The largest absolute Gasteiger partial charge is 0.472 e. The van der Waals surface area contributed by atoms with Crippen LogP contribution < -0.4 is 4.74 Å². The summed E-state index contributed by atoms with van der Waals surface area (Å²) in [6, 6.07) is 15.3. The van der Waals surface area contributed by atoms with Crippen LogP contribution in [0.15, 0.2) is 60.8 Å². The Morgan fingerprint density at radius 3 is 2.43 bits per heavy atom. The highest BCUT2D eigenvalue weighted by Gasteiger charge is 2.06. The van der Waals surface area contributed by atoms with Crippen LogP contribution in [-0.4, -0.2) is 14.7 Å². The van der Waals surface area contributed by atoms with Crippen molar-refractivity contribution in [1.82, 2.24) is 9.78 Å². The van der Waals surface area contributed by atoms with Crippen molar-refractivity contribution >= 4 is 17.3 Å². The molecule has 6 nitrogen and oxygen atoms in total. The first kappa shape index (κ1) is 15.1. The molecule has 0 amide bonds. The molecule has 2 aromatic carbocycles. The average molecular weight is 330 g/mol. The summed E-state index contributed by atoms with van der Waals surface area (Å²) in [6.07, 6.45) is 1.79. The van der Waals surface area contributed by atoms with Gasteiger partial charge in [-0.3, -0.25) is 10.1 Å². The maximum absolute atomic E-state index is 10.6. The first-order valence-electron chi connectivity index (χ1n) is 6.79. The van der Waals surface area contributed by atoms with E-state index in [2.05, 4.69) is 5.10 Å². The summed E-state index contributed by atoms with van der Waals surface area (Å²) in [5.74, 6) is 0.471. The van der Waals surface area contributed by atoms with Gasteiger partial charge in [-0.25, -0.2) is 4.68 Å². The van der Waals surface area contributed by atoms with E-state index in [1.54, 1.807) is 41.2 Å². The van der Waals surface area contributed by atoms with Crippen LogP contribution in [0, 0.1) is 10.1 Å². The Hall–Kier alpha value is -2.86. The van der Waals surface area contributed by atoms with Gasteiger partial charge in [0.15, 0.2) is 0 Å². The van der Waals surface area contributed by atoms with Gasteiger partial charge in [0.2, 0.25) is 5.88 Å². The molecule has 1 aromatic heterocycles. The van der Waals surface area contributed by atoms with Crippen LogP contribution in [0.2, 0.25) is 5.02 Å². The monoisotopic (exact) mass is 329 g/mol. The van der Waals surface area contributed by atoms with Gasteiger partial charge in [-0.1, -0.05) is 11.6 Å². The van der Waals surface area contributed by atoms with Crippen LogP contribution in [-0.2, 0) is 6.61 Å². The van der Waals surface area contributed by atoms with E-state index < -0.39 is 4.92 Å². The zero-order valence-electron chi connectivity index (χ0n) is 11.9. The normalized spacial score (nSPS) is 10.5. The van der Waals surface area contributed by atoms with Crippen molar-refractivity contribution in [2.75, 3.05) is 0 Å². The third-order valence-corrected chi connectivity index (χ3v) is 3.44. The van der Waals surface area contributed by atoms with Gasteiger partial charge in [0.1, 0.15) is 6.61 Å². The van der Waals surface area contributed by atoms with Crippen LogP contribution in [0.25, 0.3) is 5.69 Å². The van der Waals surface area contributed by atoms with Crippen molar-refractivity contribution in [1.29, 1.82) is 0 Å². The Labute approximate surface area is 137 Å². The highest BCUT2D eigenvalue weighted by atomic mass is 35.5. The minimum Gasteiger partial charge on any atom is -0.472 e. The number of hydrogen-bond acceptors (Lipinski definition) is 4. The molecule has 0 N–H and O–H groups in total. The lowest BCUT2D eigenvalue weighted by Gasteiger charge is -2.03. The molecular formula is C16H12ClN3O3. The Balaban J connectivity index is 1.65. The Kier molecular flexibility index (Phi) is 4.25. The molecule has 0 aliphatic carbocycles. The summed E-state index contributed by atoms with van der Waals surface area (Å²) >= 11 is 5.86. The van der Waals surface area contributed by atoms with E-state index in [9.17, 15) is 10.1 Å². The molecule has 0 radical (unpaired) electrons. The fraction of sp³-hybridized carbons (Fsp3) is 0.0625. The van der Waals surface area contributed by atoms with E-state index in [-0.39, 0.29) is 12.3 Å². The summed E-state index contributed by atoms with van der Waals surface area (Å²) in [4.78, 5) is 10.2. The van der Waals surface area contributed by atoms with Crippen molar-refractivity contribution in [2.45, 2.75) is 6.61 Å². The summed E-state index contributed by atoms with van der Waals surface area (Å²) in [7, 11) is 0. The molecule has 0 saturated carbocycles. The number of nitrogens with zero attached hydrogens (tertiary/aromatic N) is 3. The minimum absolute atomic E-state index is 0.0563. The molecule has 3 aromatic rings. The summed E-state index contributed by atoms with van der Waals surface area (Å²) in [5.41, 5.74) is 1.76. The smallest absolute Gasteiger partial charge is 0.269 e. The second-order valence-electron chi connectivity index (χ2n) is 4.79. The molecule has 7 heteroatoms. The predicted octanol–water partition coefficient (Wildman–Crippen LogP) is 4.01. The lowest BCUT2D eigenvalue weighted by Crippen LogP contribution is -1.98. The number of non-ortho nitro benzene ring substituents is 1. The Bertz CT molecular complexity index is 813. The number of halogens is 1. The number of ether oxygens (including phenoxy) is 1. The predicted molar refractivity (Wildman–Crippen MR) is 86.0 cm³/mol. The van der Waals surface area contributed by atoms with Crippen LogP contribution in [0.5, 0.6) is 5.88 Å². The summed E-state index contributed by atoms with van der Waals surface area (Å²) in [6.45, 7) is 0.287. The maximum Gasteiger partial charge on any atom is 0.269 e. The molecule has 1 heterocycles. The Morgan fingerprint density at radius 2 is 1.78 bits per heavy atom. The van der Waals surface area contributed by atoms with E-state index in [0.717, 1.165) is 11.3 Å². The van der Waals surface area contributed by atoms with Crippen LogP contribution in [0.4, 0.5) is 5.69 Å². The standard InChI is InChI=1S/C16H12ClN3O3/c17-13-3-7-14(8-4-13)19-10-9-16(18-19)23-11-12-1-5-15(6-2-12)20(21)22/h1-10H,11H2. The minimum atomic E-state index is -0.432. The molecule has 0 unspecified atom stereocenters. The number of nitro groups is 1. The van der Waals surface area contributed by atoms with Gasteiger partial charge >= 0.3 is 0 Å². The molecule has 0 saturated heterocycles. The van der Waals surface area contributed by atoms with E-state index in [4.69, 9.17) is 16.3 Å². The van der Waals surface area contributed by atoms with Crippen molar-refractivity contribution in [3.05, 3.63) is 81.5 Å². The molecule has 0 atom stereocenters. The van der Waals surface area contributed by atoms with E-state index in [1.165, 1.54) is 12.1 Å². The van der Waals surface area contributed by atoms with Crippen molar-refractivity contribution in [3.63, 3.8) is 0 Å². The first-order valence-corrected chi connectivity index (χ1v) is 7.17. The van der Waals surface area contributed by atoms with Crippen LogP contribution in [0.1, 0.15) is 5.56 Å². The highest BCUT2D eigenvalue weighted by molar-refractivity contribution is 6.30.